The normalized spacial score (nSPS) is 12.3. The number of halogens is 2. The van der Waals surface area contributed by atoms with Crippen molar-refractivity contribution in [3.8, 4) is 11.5 Å². The summed E-state index contributed by atoms with van der Waals surface area (Å²) in [7, 11) is 0. The SMILES string of the molecule is O=C(NCc1ccc2c(c1)OCO2)c1cc(Cl)nc(Cl)c1. The van der Waals surface area contributed by atoms with Crippen LogP contribution in [0.25, 0.3) is 0 Å². The van der Waals surface area contributed by atoms with Crippen molar-refractivity contribution in [2.75, 3.05) is 6.79 Å². The van der Waals surface area contributed by atoms with E-state index >= 15 is 0 Å². The van der Waals surface area contributed by atoms with Gasteiger partial charge in [-0.1, -0.05) is 29.3 Å². The van der Waals surface area contributed by atoms with E-state index in [2.05, 4.69) is 10.3 Å². The van der Waals surface area contributed by atoms with Gasteiger partial charge in [0.25, 0.3) is 5.91 Å². The molecule has 1 aromatic heterocycles. The van der Waals surface area contributed by atoms with E-state index in [-0.39, 0.29) is 23.0 Å². The molecule has 1 aliphatic heterocycles. The number of pyridine rings is 1. The maximum Gasteiger partial charge on any atom is 0.251 e. The lowest BCUT2D eigenvalue weighted by atomic mass is 10.2. The van der Waals surface area contributed by atoms with Gasteiger partial charge in [0.05, 0.1) is 0 Å². The Labute approximate surface area is 130 Å². The van der Waals surface area contributed by atoms with Gasteiger partial charge in [-0.2, -0.15) is 0 Å². The number of hydrogen-bond donors (Lipinski definition) is 1. The molecule has 3 rings (SSSR count). The highest BCUT2D eigenvalue weighted by molar-refractivity contribution is 6.33. The van der Waals surface area contributed by atoms with Crippen LogP contribution in [-0.2, 0) is 6.54 Å². The number of benzene rings is 1. The number of hydrogen-bond acceptors (Lipinski definition) is 4. The second-order valence-corrected chi connectivity index (χ2v) is 5.15. The molecule has 7 heteroatoms. The lowest BCUT2D eigenvalue weighted by Crippen LogP contribution is -2.22. The third-order valence-electron chi connectivity index (χ3n) is 2.92. The quantitative estimate of drug-likeness (QED) is 0.881. The van der Waals surface area contributed by atoms with E-state index in [1.54, 1.807) is 0 Å². The Hall–Kier alpha value is -1.98. The first-order valence-electron chi connectivity index (χ1n) is 6.11. The summed E-state index contributed by atoms with van der Waals surface area (Å²) in [5.74, 6) is 1.10. The number of rotatable bonds is 3. The molecule has 1 aliphatic rings. The topological polar surface area (TPSA) is 60.5 Å². The molecular weight excluding hydrogens is 315 g/mol. The Bertz CT molecular complexity index is 686. The summed E-state index contributed by atoms with van der Waals surface area (Å²) in [6.07, 6.45) is 0. The number of nitrogens with zero attached hydrogens (tertiary/aromatic N) is 1. The number of ether oxygens (including phenoxy) is 2. The van der Waals surface area contributed by atoms with E-state index in [0.717, 1.165) is 5.56 Å². The van der Waals surface area contributed by atoms with Crippen molar-refractivity contribution in [1.82, 2.24) is 10.3 Å². The zero-order chi connectivity index (χ0) is 14.8. The van der Waals surface area contributed by atoms with Gasteiger partial charge in [0.15, 0.2) is 11.5 Å². The van der Waals surface area contributed by atoms with Gasteiger partial charge in [-0.15, -0.1) is 0 Å². The van der Waals surface area contributed by atoms with Gasteiger partial charge >= 0.3 is 0 Å². The molecule has 0 saturated heterocycles. The summed E-state index contributed by atoms with van der Waals surface area (Å²) in [5, 5.41) is 3.13. The van der Waals surface area contributed by atoms with E-state index in [4.69, 9.17) is 32.7 Å². The number of amides is 1. The fraction of sp³-hybridized carbons (Fsp3) is 0.143. The third kappa shape index (κ3) is 3.20. The lowest BCUT2D eigenvalue weighted by Gasteiger charge is -2.07. The summed E-state index contributed by atoms with van der Waals surface area (Å²) >= 11 is 11.5. The smallest absolute Gasteiger partial charge is 0.251 e. The van der Waals surface area contributed by atoms with Crippen LogP contribution in [0.2, 0.25) is 10.3 Å². The molecule has 2 heterocycles. The molecule has 1 amide bonds. The molecule has 0 unspecified atom stereocenters. The van der Waals surface area contributed by atoms with Crippen molar-refractivity contribution in [1.29, 1.82) is 0 Å². The van der Waals surface area contributed by atoms with Crippen LogP contribution in [0.1, 0.15) is 15.9 Å². The minimum Gasteiger partial charge on any atom is -0.454 e. The monoisotopic (exact) mass is 324 g/mol. The number of carbonyl (C=O) groups excluding carboxylic acids is 1. The number of carbonyl (C=O) groups is 1. The van der Waals surface area contributed by atoms with E-state index in [9.17, 15) is 4.79 Å². The summed E-state index contributed by atoms with van der Waals surface area (Å²) in [5.41, 5.74) is 1.26. The summed E-state index contributed by atoms with van der Waals surface area (Å²) in [4.78, 5) is 15.8. The molecule has 108 valence electrons. The molecule has 1 N–H and O–H groups in total. The van der Waals surface area contributed by atoms with Crippen molar-refractivity contribution in [3.05, 3.63) is 51.8 Å². The first kappa shape index (κ1) is 14.0. The average molecular weight is 325 g/mol. The first-order valence-corrected chi connectivity index (χ1v) is 6.87. The van der Waals surface area contributed by atoms with Crippen LogP contribution in [0, 0.1) is 0 Å². The van der Waals surface area contributed by atoms with Gasteiger partial charge in [0, 0.05) is 12.1 Å². The van der Waals surface area contributed by atoms with E-state index < -0.39 is 0 Å². The van der Waals surface area contributed by atoms with Crippen molar-refractivity contribution >= 4 is 29.1 Å². The number of nitrogens with one attached hydrogen (secondary N) is 1. The minimum absolute atomic E-state index is 0.177. The van der Waals surface area contributed by atoms with Gasteiger partial charge in [0.1, 0.15) is 10.3 Å². The maximum absolute atomic E-state index is 12.0. The van der Waals surface area contributed by atoms with Crippen LogP contribution in [0.3, 0.4) is 0 Å². The number of aromatic nitrogens is 1. The van der Waals surface area contributed by atoms with Gasteiger partial charge in [-0.25, -0.2) is 4.98 Å². The lowest BCUT2D eigenvalue weighted by molar-refractivity contribution is 0.0950. The molecule has 0 aliphatic carbocycles. The van der Waals surface area contributed by atoms with Gasteiger partial charge in [-0.05, 0) is 29.8 Å². The standard InChI is InChI=1S/C14H10Cl2N2O3/c15-12-4-9(5-13(16)18-12)14(19)17-6-8-1-2-10-11(3-8)21-7-20-10/h1-5H,6-7H2,(H,17,19). The van der Waals surface area contributed by atoms with Crippen LogP contribution in [0.15, 0.2) is 30.3 Å². The fourth-order valence-electron chi connectivity index (χ4n) is 1.93. The van der Waals surface area contributed by atoms with Crippen molar-refractivity contribution in [2.45, 2.75) is 6.54 Å². The van der Waals surface area contributed by atoms with Crippen molar-refractivity contribution < 1.29 is 14.3 Å². The first-order chi connectivity index (χ1) is 10.1. The van der Waals surface area contributed by atoms with Crippen LogP contribution >= 0.6 is 23.2 Å². The molecule has 0 radical (unpaired) electrons. The second kappa shape index (κ2) is 5.79. The van der Waals surface area contributed by atoms with Crippen LogP contribution in [0.5, 0.6) is 11.5 Å². The third-order valence-corrected chi connectivity index (χ3v) is 3.30. The molecule has 5 nitrogen and oxygen atoms in total. The zero-order valence-electron chi connectivity index (χ0n) is 10.7. The minimum atomic E-state index is -0.279. The van der Waals surface area contributed by atoms with Crippen molar-refractivity contribution in [2.24, 2.45) is 0 Å². The Balaban J connectivity index is 1.68. The summed E-state index contributed by atoms with van der Waals surface area (Å²) < 4.78 is 10.5. The fourth-order valence-corrected chi connectivity index (χ4v) is 2.39. The van der Waals surface area contributed by atoms with Gasteiger partial charge in [-0.3, -0.25) is 4.79 Å². The highest BCUT2D eigenvalue weighted by Gasteiger charge is 2.14. The van der Waals surface area contributed by atoms with E-state index in [1.165, 1.54) is 12.1 Å². The molecular formula is C14H10Cl2N2O3. The predicted molar refractivity (Wildman–Crippen MR) is 78.0 cm³/mol. The molecule has 0 bridgehead atoms. The Morgan fingerprint density at radius 2 is 1.86 bits per heavy atom. The van der Waals surface area contributed by atoms with Crippen LogP contribution < -0.4 is 14.8 Å². The Morgan fingerprint density at radius 3 is 2.62 bits per heavy atom. The second-order valence-electron chi connectivity index (χ2n) is 4.37. The van der Waals surface area contributed by atoms with Crippen molar-refractivity contribution in [3.63, 3.8) is 0 Å². The summed E-state index contributed by atoms with van der Waals surface area (Å²) in [6.45, 7) is 0.576. The van der Waals surface area contributed by atoms with Crippen LogP contribution in [-0.4, -0.2) is 17.7 Å². The van der Waals surface area contributed by atoms with Gasteiger partial charge in [0.2, 0.25) is 6.79 Å². The highest BCUT2D eigenvalue weighted by atomic mass is 35.5. The Kier molecular flexibility index (Phi) is 3.86. The molecule has 0 saturated carbocycles. The molecule has 0 spiro atoms. The van der Waals surface area contributed by atoms with E-state index in [1.807, 2.05) is 18.2 Å². The van der Waals surface area contributed by atoms with Gasteiger partial charge < -0.3 is 14.8 Å². The largest absolute Gasteiger partial charge is 0.454 e. The number of fused-ring (bicyclic) bond motifs is 1. The Morgan fingerprint density at radius 1 is 1.14 bits per heavy atom. The highest BCUT2D eigenvalue weighted by Crippen LogP contribution is 2.32. The zero-order valence-corrected chi connectivity index (χ0v) is 12.2. The molecule has 2 aromatic rings. The maximum atomic E-state index is 12.0. The molecule has 0 atom stereocenters. The predicted octanol–water partition coefficient (Wildman–Crippen LogP) is 3.05. The molecule has 21 heavy (non-hydrogen) atoms. The van der Waals surface area contributed by atoms with E-state index in [0.29, 0.717) is 23.6 Å². The molecule has 1 aromatic carbocycles. The molecule has 0 fully saturated rings. The average Bonchev–Trinajstić information content (AvgIpc) is 2.91. The van der Waals surface area contributed by atoms with Crippen LogP contribution in [0.4, 0.5) is 0 Å². The summed E-state index contributed by atoms with van der Waals surface area (Å²) in [6, 6.07) is 8.42.